The van der Waals surface area contributed by atoms with Gasteiger partial charge in [-0.05, 0) is 26.0 Å². The van der Waals surface area contributed by atoms with Crippen molar-refractivity contribution in [3.8, 4) is 0 Å². The molecule has 2 rings (SSSR count). The Hall–Kier alpha value is -1.04. The summed E-state index contributed by atoms with van der Waals surface area (Å²) < 4.78 is 5.15. The highest BCUT2D eigenvalue weighted by atomic mass is 35.5. The highest BCUT2D eigenvalue weighted by Crippen LogP contribution is 2.29. The Labute approximate surface area is 115 Å². The molecule has 0 spiro atoms. The van der Waals surface area contributed by atoms with Crippen LogP contribution >= 0.6 is 23.4 Å². The van der Waals surface area contributed by atoms with Gasteiger partial charge in [0.05, 0.1) is 16.3 Å². The summed E-state index contributed by atoms with van der Waals surface area (Å²) in [6, 6.07) is 7.65. The van der Waals surface area contributed by atoms with Crippen LogP contribution in [0.15, 0.2) is 33.7 Å². The van der Waals surface area contributed by atoms with Crippen LogP contribution in [0.2, 0.25) is 5.02 Å². The van der Waals surface area contributed by atoms with E-state index in [1.165, 1.54) is 0 Å². The molecule has 0 bridgehead atoms. The van der Waals surface area contributed by atoms with E-state index in [1.54, 1.807) is 11.8 Å². The molecule has 1 aromatic heterocycles. The number of nitrogens with two attached hydrogens (primary N) is 1. The molecule has 0 saturated carbocycles. The lowest BCUT2D eigenvalue weighted by Gasteiger charge is -2.11. The van der Waals surface area contributed by atoms with Crippen molar-refractivity contribution in [1.82, 2.24) is 10.1 Å². The zero-order valence-electron chi connectivity index (χ0n) is 10.2. The lowest BCUT2D eigenvalue weighted by atomic mass is 10.1. The van der Waals surface area contributed by atoms with E-state index in [0.717, 1.165) is 9.92 Å². The molecule has 0 saturated heterocycles. The number of halogens is 1. The van der Waals surface area contributed by atoms with E-state index >= 15 is 0 Å². The van der Waals surface area contributed by atoms with Gasteiger partial charge in [0.15, 0.2) is 5.82 Å². The molecule has 1 heterocycles. The quantitative estimate of drug-likeness (QED) is 0.873. The minimum Gasteiger partial charge on any atom is -0.338 e. The Morgan fingerprint density at radius 3 is 2.72 bits per heavy atom. The SMILES string of the molecule is CC(C)(N)c1noc(CSc2ccccc2Cl)n1. The predicted molar refractivity (Wildman–Crippen MR) is 72.5 cm³/mol. The van der Waals surface area contributed by atoms with Crippen LogP contribution in [0, 0.1) is 0 Å². The minimum absolute atomic E-state index is 0.511. The third-order valence-corrected chi connectivity index (χ3v) is 3.73. The smallest absolute Gasteiger partial charge is 0.237 e. The fourth-order valence-electron chi connectivity index (χ4n) is 1.28. The molecule has 0 aliphatic carbocycles. The van der Waals surface area contributed by atoms with Crippen molar-refractivity contribution in [2.45, 2.75) is 30.0 Å². The third kappa shape index (κ3) is 3.25. The minimum atomic E-state index is -0.586. The van der Waals surface area contributed by atoms with Crippen LogP contribution in [0.1, 0.15) is 25.6 Å². The molecule has 0 aliphatic heterocycles. The number of hydrogen-bond acceptors (Lipinski definition) is 5. The van der Waals surface area contributed by atoms with E-state index in [9.17, 15) is 0 Å². The first-order valence-electron chi connectivity index (χ1n) is 5.46. The van der Waals surface area contributed by atoms with Gasteiger partial charge in [-0.15, -0.1) is 11.8 Å². The van der Waals surface area contributed by atoms with Crippen LogP contribution in [0.3, 0.4) is 0 Å². The second kappa shape index (κ2) is 5.30. The normalized spacial score (nSPS) is 11.8. The van der Waals surface area contributed by atoms with Gasteiger partial charge in [-0.2, -0.15) is 4.98 Å². The maximum Gasteiger partial charge on any atom is 0.237 e. The Balaban J connectivity index is 2.03. The van der Waals surface area contributed by atoms with Gasteiger partial charge in [0.1, 0.15) is 0 Å². The lowest BCUT2D eigenvalue weighted by Crippen LogP contribution is -2.30. The number of aromatic nitrogens is 2. The van der Waals surface area contributed by atoms with E-state index in [-0.39, 0.29) is 0 Å². The van der Waals surface area contributed by atoms with Crippen molar-refractivity contribution in [1.29, 1.82) is 0 Å². The van der Waals surface area contributed by atoms with Crippen molar-refractivity contribution < 1.29 is 4.52 Å². The fraction of sp³-hybridized carbons (Fsp3) is 0.333. The molecule has 0 fully saturated rings. The van der Waals surface area contributed by atoms with E-state index < -0.39 is 5.54 Å². The van der Waals surface area contributed by atoms with Gasteiger partial charge in [-0.3, -0.25) is 0 Å². The van der Waals surface area contributed by atoms with Crippen molar-refractivity contribution in [3.63, 3.8) is 0 Å². The van der Waals surface area contributed by atoms with Gasteiger partial charge in [0, 0.05) is 4.90 Å². The van der Waals surface area contributed by atoms with Gasteiger partial charge in [-0.25, -0.2) is 0 Å². The number of thioether (sulfide) groups is 1. The first kappa shape index (κ1) is 13.4. The summed E-state index contributed by atoms with van der Waals surface area (Å²) in [5.74, 6) is 1.64. The van der Waals surface area contributed by atoms with E-state index in [2.05, 4.69) is 10.1 Å². The summed E-state index contributed by atoms with van der Waals surface area (Å²) in [5, 5.41) is 4.59. The molecule has 96 valence electrons. The standard InChI is InChI=1S/C12H14ClN3OS/c1-12(2,14)11-15-10(17-16-11)7-18-9-6-4-3-5-8(9)13/h3-6H,7,14H2,1-2H3. The Bertz CT molecular complexity index is 536. The summed E-state index contributed by atoms with van der Waals surface area (Å²) >= 11 is 7.62. The Kier molecular flexibility index (Phi) is 3.94. The maximum atomic E-state index is 6.06. The average Bonchev–Trinajstić information content (AvgIpc) is 2.76. The average molecular weight is 284 g/mol. The molecule has 4 nitrogen and oxygen atoms in total. The number of benzene rings is 1. The predicted octanol–water partition coefficient (Wildman–Crippen LogP) is 3.21. The molecular formula is C12H14ClN3OS. The third-order valence-electron chi connectivity index (χ3n) is 2.23. The Morgan fingerprint density at radius 2 is 2.11 bits per heavy atom. The van der Waals surface area contributed by atoms with Gasteiger partial charge < -0.3 is 10.3 Å². The summed E-state index contributed by atoms with van der Waals surface area (Å²) in [4.78, 5) is 5.25. The summed E-state index contributed by atoms with van der Waals surface area (Å²) in [6.07, 6.45) is 0. The molecule has 0 unspecified atom stereocenters. The molecule has 0 atom stereocenters. The maximum absolute atomic E-state index is 6.06. The van der Waals surface area contributed by atoms with Gasteiger partial charge in [0.2, 0.25) is 5.89 Å². The van der Waals surface area contributed by atoms with Gasteiger partial charge in [0.25, 0.3) is 0 Å². The molecule has 6 heteroatoms. The molecule has 1 aromatic carbocycles. The zero-order chi connectivity index (χ0) is 13.2. The zero-order valence-corrected chi connectivity index (χ0v) is 11.8. The Morgan fingerprint density at radius 1 is 1.39 bits per heavy atom. The molecule has 0 amide bonds. The van der Waals surface area contributed by atoms with E-state index in [4.69, 9.17) is 21.9 Å². The van der Waals surface area contributed by atoms with Crippen LogP contribution in [-0.4, -0.2) is 10.1 Å². The van der Waals surface area contributed by atoms with Crippen molar-refractivity contribution in [3.05, 3.63) is 41.0 Å². The summed E-state index contributed by atoms with van der Waals surface area (Å²) in [7, 11) is 0. The highest BCUT2D eigenvalue weighted by molar-refractivity contribution is 7.98. The van der Waals surface area contributed by atoms with Gasteiger partial charge in [-0.1, -0.05) is 28.9 Å². The lowest BCUT2D eigenvalue weighted by molar-refractivity contribution is 0.370. The van der Waals surface area contributed by atoms with E-state index in [1.807, 2.05) is 38.1 Å². The molecule has 2 aromatic rings. The van der Waals surface area contributed by atoms with Crippen LogP contribution in [0.4, 0.5) is 0 Å². The second-order valence-corrected chi connectivity index (χ2v) is 5.88. The largest absolute Gasteiger partial charge is 0.338 e. The van der Waals surface area contributed by atoms with Crippen molar-refractivity contribution in [2.75, 3.05) is 0 Å². The summed E-state index contributed by atoms with van der Waals surface area (Å²) in [5.41, 5.74) is 5.30. The number of nitrogens with zero attached hydrogens (tertiary/aromatic N) is 2. The second-order valence-electron chi connectivity index (χ2n) is 4.45. The summed E-state index contributed by atoms with van der Waals surface area (Å²) in [6.45, 7) is 3.67. The van der Waals surface area contributed by atoms with Gasteiger partial charge >= 0.3 is 0 Å². The van der Waals surface area contributed by atoms with Crippen LogP contribution in [0.5, 0.6) is 0 Å². The van der Waals surface area contributed by atoms with Crippen molar-refractivity contribution in [2.24, 2.45) is 5.73 Å². The molecule has 0 aliphatic rings. The molecule has 0 radical (unpaired) electrons. The molecular weight excluding hydrogens is 270 g/mol. The fourth-order valence-corrected chi connectivity index (χ4v) is 2.35. The monoisotopic (exact) mass is 283 g/mol. The van der Waals surface area contributed by atoms with E-state index in [0.29, 0.717) is 17.5 Å². The van der Waals surface area contributed by atoms with Crippen molar-refractivity contribution >= 4 is 23.4 Å². The number of hydrogen-bond donors (Lipinski definition) is 1. The highest BCUT2D eigenvalue weighted by Gasteiger charge is 2.21. The first-order valence-corrected chi connectivity index (χ1v) is 6.82. The first-order chi connectivity index (χ1) is 8.47. The molecule has 2 N–H and O–H groups in total. The number of rotatable bonds is 4. The molecule has 18 heavy (non-hydrogen) atoms. The topological polar surface area (TPSA) is 64.9 Å². The van der Waals surface area contributed by atoms with Crippen LogP contribution in [0.25, 0.3) is 0 Å². The van der Waals surface area contributed by atoms with Crippen LogP contribution in [-0.2, 0) is 11.3 Å². The van der Waals surface area contributed by atoms with Crippen LogP contribution < -0.4 is 5.73 Å².